The van der Waals surface area contributed by atoms with Gasteiger partial charge in [-0.1, -0.05) is 18.2 Å². The number of nitrogens with zero attached hydrogens (tertiary/aromatic N) is 1. The number of nitrogens with one attached hydrogen (secondary N) is 1. The summed E-state index contributed by atoms with van der Waals surface area (Å²) in [5.41, 5.74) is 1.94. The Bertz CT molecular complexity index is 1180. The van der Waals surface area contributed by atoms with Gasteiger partial charge in [0, 0.05) is 19.2 Å². The summed E-state index contributed by atoms with van der Waals surface area (Å²) in [6, 6.07) is 20.6. The number of carbonyl (C=O) groups excluding carboxylic acids is 1. The van der Waals surface area contributed by atoms with Crippen LogP contribution in [-0.4, -0.2) is 42.1 Å². The standard InChI is InChI=1S/C25H28N2O5S/c1-27(21-11-15-23(32-3)16-12-21)33(29,30)24-8-4-7-20(18-24)25(28)26-17-5-6-19-9-13-22(31-2)14-10-19/h4,7-16,18H,5-6,17H2,1-3H3,(H,26,28). The van der Waals surface area contributed by atoms with Crippen LogP contribution >= 0.6 is 0 Å². The summed E-state index contributed by atoms with van der Waals surface area (Å²) < 4.78 is 37.6. The zero-order valence-corrected chi connectivity index (χ0v) is 19.8. The van der Waals surface area contributed by atoms with E-state index in [2.05, 4.69) is 5.32 Å². The average Bonchev–Trinajstić information content (AvgIpc) is 2.86. The van der Waals surface area contributed by atoms with E-state index in [0.717, 1.165) is 24.2 Å². The molecule has 0 spiro atoms. The molecular weight excluding hydrogens is 440 g/mol. The molecule has 0 aliphatic heterocycles. The van der Waals surface area contributed by atoms with Crippen molar-refractivity contribution in [2.45, 2.75) is 17.7 Å². The van der Waals surface area contributed by atoms with Gasteiger partial charge in [-0.25, -0.2) is 8.42 Å². The lowest BCUT2D eigenvalue weighted by molar-refractivity contribution is 0.0953. The summed E-state index contributed by atoms with van der Waals surface area (Å²) in [6.07, 6.45) is 1.57. The number of carbonyl (C=O) groups is 1. The van der Waals surface area contributed by atoms with Gasteiger partial charge in [-0.3, -0.25) is 9.10 Å². The molecule has 0 aromatic heterocycles. The van der Waals surface area contributed by atoms with Crippen molar-refractivity contribution in [1.29, 1.82) is 0 Å². The summed E-state index contributed by atoms with van der Waals surface area (Å²) >= 11 is 0. The normalized spacial score (nSPS) is 11.0. The monoisotopic (exact) mass is 468 g/mol. The molecule has 0 unspecified atom stereocenters. The quantitative estimate of drug-likeness (QED) is 0.456. The van der Waals surface area contributed by atoms with Crippen molar-refractivity contribution in [1.82, 2.24) is 5.32 Å². The Morgan fingerprint density at radius 2 is 1.52 bits per heavy atom. The number of hydrogen-bond donors (Lipinski definition) is 1. The number of hydrogen-bond acceptors (Lipinski definition) is 5. The number of ether oxygens (including phenoxy) is 2. The third-order valence-corrected chi connectivity index (χ3v) is 7.06. The lowest BCUT2D eigenvalue weighted by Gasteiger charge is -2.20. The van der Waals surface area contributed by atoms with Crippen molar-refractivity contribution in [3.63, 3.8) is 0 Å². The van der Waals surface area contributed by atoms with Crippen LogP contribution in [0.25, 0.3) is 0 Å². The molecule has 3 aromatic rings. The fourth-order valence-corrected chi connectivity index (χ4v) is 4.52. The minimum absolute atomic E-state index is 0.0479. The smallest absolute Gasteiger partial charge is 0.264 e. The van der Waals surface area contributed by atoms with Crippen LogP contribution in [0.4, 0.5) is 5.69 Å². The van der Waals surface area contributed by atoms with Crippen LogP contribution in [0.1, 0.15) is 22.3 Å². The van der Waals surface area contributed by atoms with Crippen molar-refractivity contribution in [3.8, 4) is 11.5 Å². The molecule has 8 heteroatoms. The van der Waals surface area contributed by atoms with Gasteiger partial charge in [-0.2, -0.15) is 0 Å². The Morgan fingerprint density at radius 1 is 0.909 bits per heavy atom. The molecule has 1 amide bonds. The number of rotatable bonds is 10. The number of benzene rings is 3. The van der Waals surface area contributed by atoms with Gasteiger partial charge in [0.1, 0.15) is 11.5 Å². The van der Waals surface area contributed by atoms with Crippen LogP contribution in [0.15, 0.2) is 77.7 Å². The molecule has 0 heterocycles. The maximum atomic E-state index is 13.1. The largest absolute Gasteiger partial charge is 0.497 e. The van der Waals surface area contributed by atoms with Gasteiger partial charge >= 0.3 is 0 Å². The predicted octanol–water partition coefficient (Wildman–Crippen LogP) is 3.89. The molecule has 0 aliphatic carbocycles. The number of methoxy groups -OCH3 is 2. The Hall–Kier alpha value is -3.52. The number of aryl methyl sites for hydroxylation is 1. The Morgan fingerprint density at radius 3 is 2.12 bits per heavy atom. The zero-order chi connectivity index (χ0) is 23.8. The lowest BCUT2D eigenvalue weighted by Crippen LogP contribution is -2.28. The molecule has 174 valence electrons. The van der Waals surface area contributed by atoms with E-state index in [4.69, 9.17) is 9.47 Å². The van der Waals surface area contributed by atoms with Gasteiger partial charge in [0.15, 0.2) is 0 Å². The van der Waals surface area contributed by atoms with E-state index in [1.165, 1.54) is 23.5 Å². The van der Waals surface area contributed by atoms with Gasteiger partial charge < -0.3 is 14.8 Å². The molecule has 3 aromatic carbocycles. The first-order valence-electron chi connectivity index (χ1n) is 10.5. The summed E-state index contributed by atoms with van der Waals surface area (Å²) in [5, 5.41) is 2.86. The van der Waals surface area contributed by atoms with Crippen LogP contribution < -0.4 is 19.1 Å². The molecule has 0 saturated heterocycles. The fraction of sp³-hybridized carbons (Fsp3) is 0.240. The van der Waals surface area contributed by atoms with Crippen molar-refractivity contribution < 1.29 is 22.7 Å². The minimum atomic E-state index is -3.83. The van der Waals surface area contributed by atoms with E-state index < -0.39 is 10.0 Å². The third-order valence-electron chi connectivity index (χ3n) is 5.28. The highest BCUT2D eigenvalue weighted by Crippen LogP contribution is 2.24. The van der Waals surface area contributed by atoms with E-state index in [1.807, 2.05) is 24.3 Å². The van der Waals surface area contributed by atoms with Gasteiger partial charge in [0.2, 0.25) is 0 Å². The van der Waals surface area contributed by atoms with E-state index >= 15 is 0 Å². The first-order valence-corrected chi connectivity index (χ1v) is 11.9. The van der Waals surface area contributed by atoms with E-state index in [-0.39, 0.29) is 10.8 Å². The van der Waals surface area contributed by atoms with Gasteiger partial charge in [-0.05, 0) is 73.0 Å². The molecule has 0 aliphatic rings. The molecule has 0 fully saturated rings. The average molecular weight is 469 g/mol. The first kappa shape index (κ1) is 24.1. The maximum Gasteiger partial charge on any atom is 0.264 e. The Balaban J connectivity index is 1.61. The fourth-order valence-electron chi connectivity index (χ4n) is 3.28. The van der Waals surface area contributed by atoms with Crippen molar-refractivity contribution in [2.24, 2.45) is 0 Å². The van der Waals surface area contributed by atoms with Crippen molar-refractivity contribution in [2.75, 3.05) is 32.1 Å². The minimum Gasteiger partial charge on any atom is -0.497 e. The summed E-state index contributed by atoms with van der Waals surface area (Å²) in [6.45, 7) is 0.480. The van der Waals surface area contributed by atoms with Crippen LogP contribution in [0, 0.1) is 0 Å². The van der Waals surface area contributed by atoms with E-state index in [0.29, 0.717) is 23.5 Å². The first-order chi connectivity index (χ1) is 15.8. The molecule has 0 bridgehead atoms. The maximum absolute atomic E-state index is 13.1. The molecular formula is C25H28N2O5S. The highest BCUT2D eigenvalue weighted by atomic mass is 32.2. The second-order valence-electron chi connectivity index (χ2n) is 7.41. The molecule has 0 atom stereocenters. The summed E-state index contributed by atoms with van der Waals surface area (Å²) in [7, 11) is 0.817. The Kier molecular flexibility index (Phi) is 7.95. The highest BCUT2D eigenvalue weighted by molar-refractivity contribution is 7.92. The van der Waals surface area contributed by atoms with Gasteiger partial charge in [0.25, 0.3) is 15.9 Å². The number of sulfonamides is 1. The van der Waals surface area contributed by atoms with Crippen LogP contribution in [0.3, 0.4) is 0 Å². The number of amides is 1. The second-order valence-corrected chi connectivity index (χ2v) is 9.38. The Labute approximate surface area is 195 Å². The molecule has 1 N–H and O–H groups in total. The molecule has 0 radical (unpaired) electrons. The van der Waals surface area contributed by atoms with Crippen LogP contribution in [0.2, 0.25) is 0 Å². The molecule has 33 heavy (non-hydrogen) atoms. The van der Waals surface area contributed by atoms with Gasteiger partial charge in [-0.15, -0.1) is 0 Å². The van der Waals surface area contributed by atoms with E-state index in [9.17, 15) is 13.2 Å². The zero-order valence-electron chi connectivity index (χ0n) is 18.9. The predicted molar refractivity (Wildman–Crippen MR) is 129 cm³/mol. The van der Waals surface area contributed by atoms with Crippen molar-refractivity contribution >= 4 is 21.6 Å². The van der Waals surface area contributed by atoms with Crippen molar-refractivity contribution in [3.05, 3.63) is 83.9 Å². The molecule has 0 saturated carbocycles. The topological polar surface area (TPSA) is 84.9 Å². The lowest BCUT2D eigenvalue weighted by atomic mass is 10.1. The highest BCUT2D eigenvalue weighted by Gasteiger charge is 2.22. The molecule has 3 rings (SSSR count). The van der Waals surface area contributed by atoms with Gasteiger partial charge in [0.05, 0.1) is 24.8 Å². The second kappa shape index (κ2) is 10.9. The summed E-state index contributed by atoms with van der Waals surface area (Å²) in [5.74, 6) is 1.13. The number of anilines is 1. The third kappa shape index (κ3) is 6.04. The van der Waals surface area contributed by atoms with Crippen LogP contribution in [-0.2, 0) is 16.4 Å². The molecule has 7 nitrogen and oxygen atoms in total. The van der Waals surface area contributed by atoms with Crippen LogP contribution in [0.5, 0.6) is 11.5 Å². The SMILES string of the molecule is COc1ccc(CCCNC(=O)c2cccc(S(=O)(=O)N(C)c3ccc(OC)cc3)c2)cc1. The summed E-state index contributed by atoms with van der Waals surface area (Å²) in [4.78, 5) is 12.6. The van der Waals surface area contributed by atoms with E-state index in [1.54, 1.807) is 50.6 Å².